The summed E-state index contributed by atoms with van der Waals surface area (Å²) in [5.74, 6) is 0. The Labute approximate surface area is 192 Å². The quantitative estimate of drug-likeness (QED) is 0.345. The van der Waals surface area contributed by atoms with Gasteiger partial charge in [-0.15, -0.1) is 0 Å². The number of hydrogen-bond donors (Lipinski definition) is 0. The van der Waals surface area contributed by atoms with Crippen molar-refractivity contribution in [2.75, 3.05) is 20.3 Å². The first-order chi connectivity index (χ1) is 15.0. The third-order valence-corrected chi connectivity index (χ3v) is 5.68. The number of ether oxygens (including phenoxy) is 4. The Morgan fingerprint density at radius 3 is 2.28 bits per heavy atom. The van der Waals surface area contributed by atoms with Crippen LogP contribution in [0.2, 0.25) is 0 Å². The van der Waals surface area contributed by atoms with Crippen molar-refractivity contribution in [1.29, 1.82) is 0 Å². The summed E-state index contributed by atoms with van der Waals surface area (Å²) in [4.78, 5) is 18.7. The third kappa shape index (κ3) is 7.04. The van der Waals surface area contributed by atoms with Gasteiger partial charge in [0, 0.05) is 24.8 Å². The Morgan fingerprint density at radius 2 is 1.78 bits per heavy atom. The molecule has 0 bridgehead atoms. The summed E-state index contributed by atoms with van der Waals surface area (Å²) in [6, 6.07) is 7.84. The molecule has 32 heavy (non-hydrogen) atoms. The molecular formula is C25H39NO6. The van der Waals surface area contributed by atoms with E-state index in [0.29, 0.717) is 6.61 Å². The Bertz CT molecular complexity index is 727. The largest absolute Gasteiger partial charge is 0.510 e. The first-order valence-corrected chi connectivity index (χ1v) is 11.2. The maximum Gasteiger partial charge on any atom is 0.510 e. The van der Waals surface area contributed by atoms with Crippen molar-refractivity contribution in [3.05, 3.63) is 42.0 Å². The van der Waals surface area contributed by atoms with Crippen molar-refractivity contribution >= 4 is 12.2 Å². The molecule has 0 aromatic heterocycles. The molecule has 1 aromatic rings. The Balaban J connectivity index is 2.22. The number of rotatable bonds is 10. The van der Waals surface area contributed by atoms with E-state index in [-0.39, 0.29) is 23.8 Å². The summed E-state index contributed by atoms with van der Waals surface area (Å²) in [7, 11) is 1.75. The van der Waals surface area contributed by atoms with Crippen LogP contribution >= 0.6 is 0 Å². The van der Waals surface area contributed by atoms with Gasteiger partial charge in [-0.05, 0) is 65.5 Å². The second-order valence-corrected chi connectivity index (χ2v) is 9.35. The van der Waals surface area contributed by atoms with E-state index < -0.39 is 18.5 Å². The van der Waals surface area contributed by atoms with Crippen LogP contribution in [0.15, 0.2) is 30.8 Å². The summed E-state index contributed by atoms with van der Waals surface area (Å²) >= 11 is 0. The van der Waals surface area contributed by atoms with Crippen molar-refractivity contribution in [3.8, 4) is 0 Å². The van der Waals surface area contributed by atoms with Gasteiger partial charge < -0.3 is 18.9 Å². The molecule has 7 heteroatoms. The van der Waals surface area contributed by atoms with Gasteiger partial charge in [-0.2, -0.15) is 5.06 Å². The van der Waals surface area contributed by atoms with Crippen LogP contribution in [0.4, 0.5) is 4.79 Å². The number of piperidine rings is 1. The van der Waals surface area contributed by atoms with Crippen molar-refractivity contribution in [1.82, 2.24) is 5.06 Å². The van der Waals surface area contributed by atoms with E-state index >= 15 is 0 Å². The predicted octanol–water partition coefficient (Wildman–Crippen LogP) is 5.51. The maximum absolute atomic E-state index is 12.2. The average molecular weight is 450 g/mol. The minimum atomic E-state index is -0.793. The van der Waals surface area contributed by atoms with Crippen LogP contribution < -0.4 is 0 Å². The lowest BCUT2D eigenvalue weighted by Gasteiger charge is -2.54. The van der Waals surface area contributed by atoms with E-state index in [1.807, 2.05) is 36.3 Å². The van der Waals surface area contributed by atoms with Crippen LogP contribution in [0.3, 0.4) is 0 Å². The number of hydroxylamine groups is 2. The number of carbonyl (C=O) groups is 1. The maximum atomic E-state index is 12.2. The molecule has 0 radical (unpaired) electrons. The molecule has 0 amide bonds. The highest BCUT2D eigenvalue weighted by molar-refractivity contribution is 5.60. The zero-order valence-corrected chi connectivity index (χ0v) is 20.6. The van der Waals surface area contributed by atoms with Gasteiger partial charge in [0.15, 0.2) is 0 Å². The van der Waals surface area contributed by atoms with Crippen molar-refractivity contribution in [3.63, 3.8) is 0 Å². The van der Waals surface area contributed by atoms with E-state index in [1.54, 1.807) is 20.1 Å². The third-order valence-electron chi connectivity index (χ3n) is 5.68. The van der Waals surface area contributed by atoms with Crippen LogP contribution in [0, 0.1) is 0 Å². The van der Waals surface area contributed by atoms with Crippen LogP contribution in [0.1, 0.15) is 71.6 Å². The van der Waals surface area contributed by atoms with E-state index in [2.05, 4.69) is 34.3 Å². The van der Waals surface area contributed by atoms with Crippen molar-refractivity contribution in [2.24, 2.45) is 0 Å². The highest BCUT2D eigenvalue weighted by atomic mass is 16.8. The zero-order valence-electron chi connectivity index (χ0n) is 20.6. The molecule has 1 saturated heterocycles. The summed E-state index contributed by atoms with van der Waals surface area (Å²) in [5, 5.41) is 2.03. The van der Waals surface area contributed by atoms with Gasteiger partial charge >= 0.3 is 6.16 Å². The smallest absolute Gasteiger partial charge is 0.431 e. The molecule has 180 valence electrons. The molecule has 1 fully saturated rings. The fraction of sp³-hybridized carbons (Fsp3) is 0.640. The number of benzene rings is 1. The fourth-order valence-corrected chi connectivity index (χ4v) is 4.37. The van der Waals surface area contributed by atoms with E-state index in [1.165, 1.54) is 0 Å². The molecule has 0 aliphatic carbocycles. The summed E-state index contributed by atoms with van der Waals surface area (Å²) in [6.45, 7) is 16.3. The Morgan fingerprint density at radius 1 is 1.19 bits per heavy atom. The lowest BCUT2D eigenvalue weighted by atomic mass is 9.80. The summed E-state index contributed by atoms with van der Waals surface area (Å²) < 4.78 is 21.5. The normalized spacial score (nSPS) is 20.3. The lowest BCUT2D eigenvalue weighted by molar-refractivity contribution is -0.321. The highest BCUT2D eigenvalue weighted by Crippen LogP contribution is 2.41. The number of methoxy groups -OCH3 is 1. The molecule has 2 unspecified atom stereocenters. The SMILES string of the molecule is C=Cc1ccc(C(COC(=O)OC(C)OCC)ON2C(C)(C)CC(OC)CC2(C)C)cc1. The second-order valence-electron chi connectivity index (χ2n) is 9.35. The van der Waals surface area contributed by atoms with Crippen molar-refractivity contribution < 1.29 is 28.6 Å². The molecular weight excluding hydrogens is 410 g/mol. The second kappa shape index (κ2) is 11.3. The number of carbonyl (C=O) groups excluding carboxylic acids is 1. The van der Waals surface area contributed by atoms with Gasteiger partial charge in [0.2, 0.25) is 6.29 Å². The van der Waals surface area contributed by atoms with Gasteiger partial charge in [0.1, 0.15) is 12.7 Å². The minimum Gasteiger partial charge on any atom is -0.431 e. The summed E-state index contributed by atoms with van der Waals surface area (Å²) in [5.41, 5.74) is 1.32. The number of hydrogen-bond acceptors (Lipinski definition) is 7. The van der Waals surface area contributed by atoms with E-state index in [9.17, 15) is 4.79 Å². The monoisotopic (exact) mass is 449 g/mol. The molecule has 1 heterocycles. The van der Waals surface area contributed by atoms with E-state index in [0.717, 1.165) is 24.0 Å². The molecule has 1 aliphatic rings. The number of nitrogens with zero attached hydrogens (tertiary/aromatic N) is 1. The zero-order chi connectivity index (χ0) is 23.9. The van der Waals surface area contributed by atoms with Crippen molar-refractivity contribution in [2.45, 2.75) is 84.0 Å². The van der Waals surface area contributed by atoms with Gasteiger partial charge in [0.25, 0.3) is 0 Å². The fourth-order valence-electron chi connectivity index (χ4n) is 4.37. The lowest BCUT2D eigenvalue weighted by Crippen LogP contribution is -2.62. The molecule has 0 saturated carbocycles. The Kier molecular flexibility index (Phi) is 9.28. The van der Waals surface area contributed by atoms with Gasteiger partial charge in [-0.25, -0.2) is 4.79 Å². The van der Waals surface area contributed by atoms with Crippen LogP contribution in [-0.4, -0.2) is 55.0 Å². The topological polar surface area (TPSA) is 66.5 Å². The average Bonchev–Trinajstić information content (AvgIpc) is 2.72. The van der Waals surface area contributed by atoms with Crippen LogP contribution in [0.25, 0.3) is 6.08 Å². The van der Waals surface area contributed by atoms with Gasteiger partial charge in [-0.1, -0.05) is 36.9 Å². The summed E-state index contributed by atoms with van der Waals surface area (Å²) in [6.07, 6.45) is 1.60. The molecule has 7 nitrogen and oxygen atoms in total. The van der Waals surface area contributed by atoms with Crippen LogP contribution in [-0.2, 0) is 23.8 Å². The molecule has 1 aliphatic heterocycles. The molecule has 0 spiro atoms. The minimum absolute atomic E-state index is 0.00147. The molecule has 2 atom stereocenters. The van der Waals surface area contributed by atoms with E-state index in [4.69, 9.17) is 23.8 Å². The molecule has 1 aromatic carbocycles. The molecule has 0 N–H and O–H groups in total. The van der Waals surface area contributed by atoms with Gasteiger partial charge in [0.05, 0.1) is 6.10 Å². The first-order valence-electron chi connectivity index (χ1n) is 11.2. The van der Waals surface area contributed by atoms with Crippen LogP contribution in [0.5, 0.6) is 0 Å². The first kappa shape index (κ1) is 26.3. The highest BCUT2D eigenvalue weighted by Gasteiger charge is 2.47. The standard InChI is InChI=1S/C25H39NO6/c1-9-19-11-13-20(14-12-19)22(17-30-23(27)31-18(3)29-10-2)32-26-24(4,5)15-21(28-8)16-25(26,6)7/h9,11-14,18,21-22H,1,10,15-17H2,2-8H3. The van der Waals surface area contributed by atoms with Gasteiger partial charge in [-0.3, -0.25) is 4.84 Å². The Hall–Kier alpha value is -1.93. The molecule has 2 rings (SSSR count). The predicted molar refractivity (Wildman–Crippen MR) is 124 cm³/mol.